The molecule has 5 nitrogen and oxygen atoms in total. The van der Waals surface area contributed by atoms with E-state index in [0.29, 0.717) is 6.61 Å². The third kappa shape index (κ3) is 2.30. The van der Waals surface area contributed by atoms with Crippen LogP contribution >= 0.6 is 0 Å². The topological polar surface area (TPSA) is 58.8 Å². The fraction of sp³-hybridized carbons (Fsp3) is 0.250. The van der Waals surface area contributed by atoms with Crippen molar-refractivity contribution >= 4 is 11.7 Å². The summed E-state index contributed by atoms with van der Waals surface area (Å²) in [6.07, 6.45) is 3.47. The Balaban J connectivity index is 2.11. The number of para-hydroxylation sites is 1. The largest absolute Gasteiger partial charge is 0.464 e. The summed E-state index contributed by atoms with van der Waals surface area (Å²) in [7, 11) is 0. The van der Waals surface area contributed by atoms with Crippen molar-refractivity contribution in [1.29, 1.82) is 0 Å². The summed E-state index contributed by atoms with van der Waals surface area (Å²) in [5.74, 6) is 5.54. The second kappa shape index (κ2) is 4.99. The maximum atomic E-state index is 11.6. The van der Waals surface area contributed by atoms with Crippen molar-refractivity contribution in [2.45, 2.75) is 13.0 Å². The number of carbonyl (C=O) groups excluding carboxylic acids is 1. The van der Waals surface area contributed by atoms with Gasteiger partial charge >= 0.3 is 5.97 Å². The van der Waals surface area contributed by atoms with E-state index < -0.39 is 6.04 Å². The van der Waals surface area contributed by atoms with Gasteiger partial charge in [-0.3, -0.25) is 5.01 Å². The van der Waals surface area contributed by atoms with Gasteiger partial charge in [-0.25, -0.2) is 10.6 Å². The normalized spacial score (nSPS) is 19.6. The van der Waals surface area contributed by atoms with Crippen LogP contribution in [-0.4, -0.2) is 23.7 Å². The molecule has 2 rings (SSSR count). The van der Waals surface area contributed by atoms with E-state index >= 15 is 0 Å². The van der Waals surface area contributed by atoms with E-state index in [0.717, 1.165) is 5.69 Å². The van der Waals surface area contributed by atoms with Gasteiger partial charge in [-0.1, -0.05) is 18.2 Å². The highest BCUT2D eigenvalue weighted by Crippen LogP contribution is 2.21. The molecule has 1 heterocycles. The van der Waals surface area contributed by atoms with E-state index in [4.69, 9.17) is 10.6 Å². The molecule has 1 atom stereocenters. The summed E-state index contributed by atoms with van der Waals surface area (Å²) in [5.41, 5.74) is 0.901. The van der Waals surface area contributed by atoms with E-state index in [1.807, 2.05) is 30.3 Å². The van der Waals surface area contributed by atoms with Gasteiger partial charge in [-0.05, 0) is 25.1 Å². The molecular weight excluding hydrogens is 218 g/mol. The fourth-order valence-electron chi connectivity index (χ4n) is 1.68. The van der Waals surface area contributed by atoms with E-state index in [9.17, 15) is 4.79 Å². The summed E-state index contributed by atoms with van der Waals surface area (Å²) in [5, 5.41) is 3.06. The lowest BCUT2D eigenvalue weighted by atomic mass is 10.3. The lowest BCUT2D eigenvalue weighted by Gasteiger charge is -2.27. The molecule has 1 aliphatic rings. The Hall–Kier alpha value is -1.85. The molecule has 1 aromatic rings. The van der Waals surface area contributed by atoms with Gasteiger partial charge in [0.2, 0.25) is 0 Å². The third-order valence-corrected chi connectivity index (χ3v) is 2.49. The summed E-state index contributed by atoms with van der Waals surface area (Å²) in [4.78, 5) is 11.6. The van der Waals surface area contributed by atoms with Crippen LogP contribution in [0.2, 0.25) is 0 Å². The van der Waals surface area contributed by atoms with Crippen molar-refractivity contribution in [2.24, 2.45) is 5.84 Å². The molecule has 0 aliphatic carbocycles. The average molecular weight is 233 g/mol. The summed E-state index contributed by atoms with van der Waals surface area (Å²) in [6, 6.07) is 9.02. The number of nitrogens with zero attached hydrogens (tertiary/aromatic N) is 2. The van der Waals surface area contributed by atoms with Gasteiger partial charge < -0.3 is 4.74 Å². The highest BCUT2D eigenvalue weighted by molar-refractivity contribution is 5.79. The van der Waals surface area contributed by atoms with Gasteiger partial charge in [0.25, 0.3) is 0 Å². The smallest absolute Gasteiger partial charge is 0.330 e. The monoisotopic (exact) mass is 233 g/mol. The van der Waals surface area contributed by atoms with Crippen LogP contribution in [0.3, 0.4) is 0 Å². The lowest BCUT2D eigenvalue weighted by molar-refractivity contribution is -0.147. The lowest BCUT2D eigenvalue weighted by Crippen LogP contribution is -2.50. The zero-order chi connectivity index (χ0) is 12.3. The minimum Gasteiger partial charge on any atom is -0.464 e. The van der Waals surface area contributed by atoms with Gasteiger partial charge in [0.05, 0.1) is 12.3 Å². The molecule has 1 unspecified atom stereocenters. The van der Waals surface area contributed by atoms with Gasteiger partial charge in [0.15, 0.2) is 6.04 Å². The van der Waals surface area contributed by atoms with Gasteiger partial charge in [0, 0.05) is 6.20 Å². The van der Waals surface area contributed by atoms with Crippen LogP contribution in [0.25, 0.3) is 0 Å². The molecule has 0 spiro atoms. The summed E-state index contributed by atoms with van der Waals surface area (Å²) < 4.78 is 4.94. The number of hydrogen-bond acceptors (Lipinski definition) is 5. The molecule has 17 heavy (non-hydrogen) atoms. The first-order valence-electron chi connectivity index (χ1n) is 5.47. The zero-order valence-electron chi connectivity index (χ0n) is 9.61. The first-order chi connectivity index (χ1) is 8.24. The molecule has 2 N–H and O–H groups in total. The maximum absolute atomic E-state index is 11.6. The zero-order valence-corrected chi connectivity index (χ0v) is 9.61. The maximum Gasteiger partial charge on any atom is 0.330 e. The molecule has 1 aromatic carbocycles. The predicted octanol–water partition coefficient (Wildman–Crippen LogP) is 1.04. The number of hydrazine groups is 2. The van der Waals surface area contributed by atoms with Crippen LogP contribution < -0.4 is 10.9 Å². The molecular formula is C12H15N3O2. The number of hydrogen-bond donors (Lipinski definition) is 1. The Morgan fingerprint density at radius 2 is 2.12 bits per heavy atom. The van der Waals surface area contributed by atoms with Crippen LogP contribution in [0.5, 0.6) is 0 Å². The van der Waals surface area contributed by atoms with Crippen molar-refractivity contribution in [3.05, 3.63) is 42.6 Å². The minimum atomic E-state index is -0.560. The second-order valence-electron chi connectivity index (χ2n) is 3.60. The summed E-state index contributed by atoms with van der Waals surface area (Å²) >= 11 is 0. The molecule has 0 fully saturated rings. The average Bonchev–Trinajstić information content (AvgIpc) is 2.72. The number of esters is 1. The Labute approximate surface area is 100 Å². The number of nitrogens with two attached hydrogens (primary N) is 1. The van der Waals surface area contributed by atoms with E-state index in [1.54, 1.807) is 24.2 Å². The Morgan fingerprint density at radius 3 is 2.76 bits per heavy atom. The Bertz CT molecular complexity index is 419. The fourth-order valence-corrected chi connectivity index (χ4v) is 1.68. The standard InChI is InChI=1S/C12H15N3O2/c1-2-17-12(16)11-8-9-14(15(11)13)10-6-4-3-5-7-10/h3-9,11H,2,13H2,1H3. The Morgan fingerprint density at radius 1 is 1.41 bits per heavy atom. The van der Waals surface area contributed by atoms with Crippen molar-refractivity contribution in [2.75, 3.05) is 11.6 Å². The highest BCUT2D eigenvalue weighted by Gasteiger charge is 2.31. The van der Waals surface area contributed by atoms with Crippen molar-refractivity contribution in [1.82, 2.24) is 5.12 Å². The highest BCUT2D eigenvalue weighted by atomic mass is 16.5. The first-order valence-corrected chi connectivity index (χ1v) is 5.47. The molecule has 0 bridgehead atoms. The second-order valence-corrected chi connectivity index (χ2v) is 3.60. The Kier molecular flexibility index (Phi) is 3.41. The minimum absolute atomic E-state index is 0.343. The molecule has 0 saturated carbocycles. The predicted molar refractivity (Wildman–Crippen MR) is 64.5 cm³/mol. The number of benzene rings is 1. The van der Waals surface area contributed by atoms with E-state index in [1.165, 1.54) is 5.12 Å². The quantitative estimate of drug-likeness (QED) is 0.624. The third-order valence-electron chi connectivity index (χ3n) is 2.49. The van der Waals surface area contributed by atoms with Gasteiger partial charge in [-0.2, -0.15) is 0 Å². The molecule has 5 heteroatoms. The van der Waals surface area contributed by atoms with Crippen LogP contribution in [0.4, 0.5) is 5.69 Å². The number of carbonyl (C=O) groups is 1. The number of ether oxygens (including phenoxy) is 1. The molecule has 0 amide bonds. The molecule has 1 aliphatic heterocycles. The van der Waals surface area contributed by atoms with Crippen LogP contribution in [0.1, 0.15) is 6.92 Å². The first kappa shape index (κ1) is 11.6. The molecule has 0 radical (unpaired) electrons. The van der Waals surface area contributed by atoms with Crippen molar-refractivity contribution in [3.8, 4) is 0 Å². The summed E-state index contributed by atoms with van der Waals surface area (Å²) in [6.45, 7) is 2.12. The molecule has 0 saturated heterocycles. The van der Waals surface area contributed by atoms with E-state index in [2.05, 4.69) is 0 Å². The van der Waals surface area contributed by atoms with Crippen LogP contribution in [0, 0.1) is 0 Å². The van der Waals surface area contributed by atoms with Crippen LogP contribution in [-0.2, 0) is 9.53 Å². The van der Waals surface area contributed by atoms with Crippen LogP contribution in [0.15, 0.2) is 42.6 Å². The van der Waals surface area contributed by atoms with Gasteiger partial charge in [0.1, 0.15) is 0 Å². The van der Waals surface area contributed by atoms with Gasteiger partial charge in [-0.15, -0.1) is 5.12 Å². The van der Waals surface area contributed by atoms with Crippen molar-refractivity contribution in [3.63, 3.8) is 0 Å². The molecule has 90 valence electrons. The van der Waals surface area contributed by atoms with Crippen molar-refractivity contribution < 1.29 is 9.53 Å². The number of anilines is 1. The molecule has 0 aromatic heterocycles. The SMILES string of the molecule is CCOC(=O)C1C=CN(c2ccccc2)N1N. The number of rotatable bonds is 3. The van der Waals surface area contributed by atoms with E-state index in [-0.39, 0.29) is 5.97 Å².